The predicted molar refractivity (Wildman–Crippen MR) is 78.8 cm³/mol. The van der Waals surface area contributed by atoms with Gasteiger partial charge in [0.05, 0.1) is 10.8 Å². The van der Waals surface area contributed by atoms with Crippen LogP contribution in [0.15, 0.2) is 59.5 Å². The summed E-state index contributed by atoms with van der Waals surface area (Å²) in [6, 6.07) is 18.0. The van der Waals surface area contributed by atoms with Gasteiger partial charge in [-0.25, -0.2) is 0 Å². The molecule has 0 fully saturated rings. The number of allylic oxidation sites excluding steroid dienone is 1. The fourth-order valence-corrected chi connectivity index (χ4v) is 2.73. The molecule has 0 aliphatic carbocycles. The maximum absolute atomic E-state index is 11.7. The highest BCUT2D eigenvalue weighted by molar-refractivity contribution is 7.84. The van der Waals surface area contributed by atoms with E-state index in [0.717, 1.165) is 21.6 Å². The molecule has 1 atom stereocenters. The first-order chi connectivity index (χ1) is 8.68. The molecule has 0 N–H and O–H groups in total. The molecule has 1 nitrogen and oxygen atoms in total. The normalized spacial score (nSPS) is 13.3. The van der Waals surface area contributed by atoms with Crippen molar-refractivity contribution in [2.75, 3.05) is 6.26 Å². The molecule has 0 saturated carbocycles. The summed E-state index contributed by atoms with van der Waals surface area (Å²) in [6.07, 6.45) is 3.83. The summed E-state index contributed by atoms with van der Waals surface area (Å²) in [4.78, 5) is 0.891. The van der Waals surface area contributed by atoms with Gasteiger partial charge in [0, 0.05) is 11.2 Å². The molecule has 0 saturated heterocycles. The van der Waals surface area contributed by atoms with Gasteiger partial charge in [0.1, 0.15) is 0 Å². The SMILES string of the molecule is C/C(=C\c1ccccc1)c1ccccc1S(C)=O. The van der Waals surface area contributed by atoms with Crippen LogP contribution in [0.3, 0.4) is 0 Å². The van der Waals surface area contributed by atoms with Gasteiger partial charge < -0.3 is 0 Å². The number of hydrogen-bond acceptors (Lipinski definition) is 1. The second kappa shape index (κ2) is 5.78. The lowest BCUT2D eigenvalue weighted by molar-refractivity contribution is 0.686. The Kier molecular flexibility index (Phi) is 4.11. The summed E-state index contributed by atoms with van der Waals surface area (Å²) < 4.78 is 11.7. The smallest absolute Gasteiger partial charge is 0.0504 e. The molecule has 0 bridgehead atoms. The van der Waals surface area contributed by atoms with Crippen molar-refractivity contribution in [2.24, 2.45) is 0 Å². The van der Waals surface area contributed by atoms with Crippen LogP contribution >= 0.6 is 0 Å². The van der Waals surface area contributed by atoms with Crippen molar-refractivity contribution in [3.63, 3.8) is 0 Å². The summed E-state index contributed by atoms with van der Waals surface area (Å²) >= 11 is 0. The van der Waals surface area contributed by atoms with Gasteiger partial charge in [-0.05, 0) is 29.7 Å². The first kappa shape index (κ1) is 12.8. The summed E-state index contributed by atoms with van der Waals surface area (Å²) in [7, 11) is -0.960. The maximum atomic E-state index is 11.7. The Hall–Kier alpha value is -1.67. The Morgan fingerprint density at radius 3 is 2.28 bits per heavy atom. The lowest BCUT2D eigenvalue weighted by atomic mass is 10.0. The Bertz CT molecular complexity index is 585. The number of hydrogen-bond donors (Lipinski definition) is 0. The van der Waals surface area contributed by atoms with Crippen LogP contribution in [0.2, 0.25) is 0 Å². The largest absolute Gasteiger partial charge is 0.255 e. The topological polar surface area (TPSA) is 17.1 Å². The molecular weight excluding hydrogens is 240 g/mol. The van der Waals surface area contributed by atoms with E-state index in [4.69, 9.17) is 0 Å². The Morgan fingerprint density at radius 2 is 1.61 bits per heavy atom. The van der Waals surface area contributed by atoms with E-state index in [-0.39, 0.29) is 0 Å². The van der Waals surface area contributed by atoms with Gasteiger partial charge in [-0.15, -0.1) is 0 Å². The van der Waals surface area contributed by atoms with Crippen LogP contribution in [0.1, 0.15) is 18.1 Å². The number of benzene rings is 2. The van der Waals surface area contributed by atoms with Gasteiger partial charge >= 0.3 is 0 Å². The molecule has 2 aromatic rings. The number of rotatable bonds is 3. The standard InChI is InChI=1S/C16H16OS/c1-13(12-14-8-4-3-5-9-14)15-10-6-7-11-16(15)18(2)17/h3-12H,1-2H3/b13-12+. The van der Waals surface area contributed by atoms with Crippen LogP contribution in [0.5, 0.6) is 0 Å². The molecule has 1 unspecified atom stereocenters. The Morgan fingerprint density at radius 1 is 1.00 bits per heavy atom. The monoisotopic (exact) mass is 256 g/mol. The summed E-state index contributed by atoms with van der Waals surface area (Å²) in [6.45, 7) is 2.05. The molecule has 0 radical (unpaired) electrons. The van der Waals surface area contributed by atoms with Crippen LogP contribution in [0, 0.1) is 0 Å². The highest BCUT2D eigenvalue weighted by Crippen LogP contribution is 2.23. The van der Waals surface area contributed by atoms with E-state index in [9.17, 15) is 4.21 Å². The Labute approximate surface area is 111 Å². The molecule has 0 heterocycles. The third-order valence-electron chi connectivity index (χ3n) is 2.80. The van der Waals surface area contributed by atoms with E-state index >= 15 is 0 Å². The summed E-state index contributed by atoms with van der Waals surface area (Å²) in [5.74, 6) is 0. The molecular formula is C16H16OS. The van der Waals surface area contributed by atoms with Crippen molar-refractivity contribution in [3.8, 4) is 0 Å². The van der Waals surface area contributed by atoms with Gasteiger partial charge in [0.25, 0.3) is 0 Å². The molecule has 2 heteroatoms. The average Bonchev–Trinajstić information content (AvgIpc) is 2.40. The molecule has 92 valence electrons. The zero-order valence-corrected chi connectivity index (χ0v) is 11.4. The van der Waals surface area contributed by atoms with E-state index in [1.165, 1.54) is 0 Å². The van der Waals surface area contributed by atoms with Crippen molar-refractivity contribution < 1.29 is 4.21 Å². The molecule has 2 aromatic carbocycles. The first-order valence-corrected chi connectivity index (χ1v) is 7.40. The highest BCUT2D eigenvalue weighted by Gasteiger charge is 2.06. The maximum Gasteiger partial charge on any atom is 0.0504 e. The molecule has 0 amide bonds. The van der Waals surface area contributed by atoms with Gasteiger partial charge in [-0.2, -0.15) is 0 Å². The molecule has 18 heavy (non-hydrogen) atoms. The minimum absolute atomic E-state index is 0.891. The second-order valence-corrected chi connectivity index (χ2v) is 5.54. The lowest BCUT2D eigenvalue weighted by Gasteiger charge is -2.07. The minimum atomic E-state index is -0.960. The van der Waals surface area contributed by atoms with Gasteiger partial charge in [0.2, 0.25) is 0 Å². The second-order valence-electron chi connectivity index (χ2n) is 4.19. The fraction of sp³-hybridized carbons (Fsp3) is 0.125. The van der Waals surface area contributed by atoms with Crippen molar-refractivity contribution in [1.29, 1.82) is 0 Å². The third kappa shape index (κ3) is 2.96. The average molecular weight is 256 g/mol. The zero-order chi connectivity index (χ0) is 13.0. The van der Waals surface area contributed by atoms with Gasteiger partial charge in [-0.3, -0.25) is 4.21 Å². The van der Waals surface area contributed by atoms with E-state index in [0.29, 0.717) is 0 Å². The van der Waals surface area contributed by atoms with Gasteiger partial charge in [-0.1, -0.05) is 54.6 Å². The van der Waals surface area contributed by atoms with Crippen molar-refractivity contribution in [3.05, 3.63) is 65.7 Å². The van der Waals surface area contributed by atoms with Crippen LogP contribution in [-0.4, -0.2) is 10.5 Å². The fourth-order valence-electron chi connectivity index (χ4n) is 1.92. The van der Waals surface area contributed by atoms with Crippen molar-refractivity contribution in [2.45, 2.75) is 11.8 Å². The van der Waals surface area contributed by atoms with E-state index in [1.807, 2.05) is 42.5 Å². The predicted octanol–water partition coefficient (Wildman–Crippen LogP) is 3.98. The van der Waals surface area contributed by atoms with E-state index in [1.54, 1.807) is 6.26 Å². The van der Waals surface area contributed by atoms with Crippen molar-refractivity contribution in [1.82, 2.24) is 0 Å². The van der Waals surface area contributed by atoms with E-state index < -0.39 is 10.8 Å². The minimum Gasteiger partial charge on any atom is -0.255 e. The third-order valence-corrected chi connectivity index (χ3v) is 3.78. The summed E-state index contributed by atoms with van der Waals surface area (Å²) in [5, 5.41) is 0. The molecule has 2 rings (SSSR count). The quantitative estimate of drug-likeness (QED) is 0.759. The molecule has 0 aliphatic heterocycles. The Balaban J connectivity index is 2.43. The molecule has 0 spiro atoms. The first-order valence-electron chi connectivity index (χ1n) is 5.84. The van der Waals surface area contributed by atoms with E-state index in [2.05, 4.69) is 25.1 Å². The van der Waals surface area contributed by atoms with Crippen LogP contribution < -0.4 is 0 Å². The highest BCUT2D eigenvalue weighted by atomic mass is 32.2. The molecule has 0 aliphatic rings. The van der Waals surface area contributed by atoms with Crippen LogP contribution in [0.25, 0.3) is 11.6 Å². The lowest BCUT2D eigenvalue weighted by Crippen LogP contribution is -1.93. The zero-order valence-electron chi connectivity index (χ0n) is 10.6. The van der Waals surface area contributed by atoms with Crippen LogP contribution in [0.4, 0.5) is 0 Å². The molecule has 0 aromatic heterocycles. The van der Waals surface area contributed by atoms with Gasteiger partial charge in [0.15, 0.2) is 0 Å². The summed E-state index contributed by atoms with van der Waals surface area (Å²) in [5.41, 5.74) is 3.35. The van der Waals surface area contributed by atoms with Crippen molar-refractivity contribution >= 4 is 22.4 Å². The van der Waals surface area contributed by atoms with Crippen LogP contribution in [-0.2, 0) is 10.8 Å².